The van der Waals surface area contributed by atoms with E-state index in [0.29, 0.717) is 12.5 Å². The minimum atomic E-state index is -1.83. The van der Waals surface area contributed by atoms with Gasteiger partial charge in [-0.1, -0.05) is 0 Å². The molecule has 0 aromatic rings. The first-order valence-corrected chi connectivity index (χ1v) is 6.23. The summed E-state index contributed by atoms with van der Waals surface area (Å²) in [5, 5.41) is 0. The van der Waals surface area contributed by atoms with Crippen LogP contribution in [0.3, 0.4) is 0 Å². The van der Waals surface area contributed by atoms with Crippen molar-refractivity contribution in [2.75, 3.05) is 12.5 Å². The van der Waals surface area contributed by atoms with Crippen molar-refractivity contribution in [2.45, 2.75) is 0 Å². The Hall–Kier alpha value is 1.05. The number of hydrogen-bond donors (Lipinski definition) is 0. The van der Waals surface area contributed by atoms with Gasteiger partial charge in [0.25, 0.3) is 0 Å². The maximum absolute atomic E-state index is 5.28. The van der Waals surface area contributed by atoms with E-state index in [9.17, 15) is 0 Å². The van der Waals surface area contributed by atoms with Crippen LogP contribution in [0.1, 0.15) is 0 Å². The number of hydrogen-bond acceptors (Lipinski definition) is 1. The van der Waals surface area contributed by atoms with Crippen LogP contribution in [0.2, 0.25) is 0 Å². The Labute approximate surface area is 58.6 Å². The van der Waals surface area contributed by atoms with Crippen LogP contribution in [0, 0.1) is 0 Å². The molecule has 0 rings (SSSR count). The molecule has 0 aromatic carbocycles. The molecular weight excluding hydrogens is 174 g/mol. The summed E-state index contributed by atoms with van der Waals surface area (Å²) >= 11 is 15.8. The predicted octanol–water partition coefficient (Wildman–Crippen LogP) is 1.44. The van der Waals surface area contributed by atoms with E-state index in [1.807, 2.05) is 0 Å². The van der Waals surface area contributed by atoms with Crippen molar-refractivity contribution in [3.8, 4) is 0 Å². The minimum Gasteiger partial charge on any atom is -0.393 e. The fourth-order valence-electron chi connectivity index (χ4n) is 0.134. The molecular formula is C2H5Cl3OSi. The van der Waals surface area contributed by atoms with Crippen molar-refractivity contribution >= 4 is 41.4 Å². The third-order valence-corrected chi connectivity index (χ3v) is 1.72. The summed E-state index contributed by atoms with van der Waals surface area (Å²) in [6.45, 7) is 0.464. The van der Waals surface area contributed by atoms with E-state index in [2.05, 4.69) is 0 Å². The topological polar surface area (TPSA) is 9.23 Å². The lowest BCUT2D eigenvalue weighted by atomic mass is 10.9. The van der Waals surface area contributed by atoms with Crippen LogP contribution in [0.15, 0.2) is 0 Å². The first-order valence-electron chi connectivity index (χ1n) is 1.73. The summed E-state index contributed by atoms with van der Waals surface area (Å²) in [7, 11) is -1.83. The highest BCUT2D eigenvalue weighted by atomic mass is 35.7. The standard InChI is InChI=1S/C2H5Cl3OSi/c3-1-2-6-7(4)5/h7H,1-2H2. The Morgan fingerprint density at radius 2 is 2.00 bits per heavy atom. The highest BCUT2D eigenvalue weighted by molar-refractivity contribution is 7.30. The molecule has 0 saturated heterocycles. The molecule has 0 bridgehead atoms. The van der Waals surface area contributed by atoms with Gasteiger partial charge in [-0.25, -0.2) is 0 Å². The van der Waals surface area contributed by atoms with Gasteiger partial charge in [-0.3, -0.25) is 0 Å². The summed E-state index contributed by atoms with van der Waals surface area (Å²) in [6, 6.07) is 0. The summed E-state index contributed by atoms with van der Waals surface area (Å²) < 4.78 is 4.73. The molecule has 7 heavy (non-hydrogen) atoms. The van der Waals surface area contributed by atoms with Crippen LogP contribution in [-0.4, -0.2) is 20.1 Å². The second-order valence-corrected chi connectivity index (χ2v) is 5.10. The molecule has 0 aliphatic rings. The maximum atomic E-state index is 5.28. The SMILES string of the molecule is ClCCO[SiH](Cl)Cl. The van der Waals surface area contributed by atoms with Crippen molar-refractivity contribution in [3.63, 3.8) is 0 Å². The molecule has 0 saturated carbocycles. The van der Waals surface area contributed by atoms with Gasteiger partial charge in [0.15, 0.2) is 0 Å². The Balaban J connectivity index is 2.68. The number of halogens is 3. The molecule has 0 aliphatic heterocycles. The Kier molecular flexibility index (Phi) is 5.96. The Morgan fingerprint density at radius 3 is 2.14 bits per heavy atom. The fraction of sp³-hybridized carbons (Fsp3) is 1.00. The van der Waals surface area contributed by atoms with Crippen molar-refractivity contribution in [1.82, 2.24) is 0 Å². The monoisotopic (exact) mass is 178 g/mol. The van der Waals surface area contributed by atoms with Crippen molar-refractivity contribution in [2.24, 2.45) is 0 Å². The van der Waals surface area contributed by atoms with Gasteiger partial charge in [-0.2, -0.15) is 0 Å². The highest BCUT2D eigenvalue weighted by Gasteiger charge is 1.98. The molecule has 1 nitrogen and oxygen atoms in total. The fourth-order valence-corrected chi connectivity index (χ4v) is 1.20. The van der Waals surface area contributed by atoms with E-state index in [4.69, 9.17) is 38.2 Å². The Bertz CT molecular complexity index is 41.9. The summed E-state index contributed by atoms with van der Waals surface area (Å²) in [4.78, 5) is 0. The first-order chi connectivity index (χ1) is 3.27. The lowest BCUT2D eigenvalue weighted by molar-refractivity contribution is 0.368. The number of rotatable bonds is 3. The molecule has 0 amide bonds. The molecule has 0 aliphatic carbocycles. The minimum absolute atomic E-state index is 0.461. The zero-order chi connectivity index (χ0) is 5.70. The van der Waals surface area contributed by atoms with E-state index >= 15 is 0 Å². The number of alkyl halides is 1. The summed E-state index contributed by atoms with van der Waals surface area (Å²) in [5.74, 6) is 0.461. The molecule has 0 fully saturated rings. The molecule has 0 atom stereocenters. The smallest absolute Gasteiger partial charge is 0.373 e. The lowest BCUT2D eigenvalue weighted by Gasteiger charge is -1.96. The molecule has 0 radical (unpaired) electrons. The zero-order valence-electron chi connectivity index (χ0n) is 3.53. The van der Waals surface area contributed by atoms with Gasteiger partial charge in [-0.15, -0.1) is 33.8 Å². The van der Waals surface area contributed by atoms with E-state index in [-0.39, 0.29) is 0 Å². The van der Waals surface area contributed by atoms with Gasteiger partial charge in [0.05, 0.1) is 0 Å². The van der Waals surface area contributed by atoms with Crippen LogP contribution in [0.25, 0.3) is 0 Å². The lowest BCUT2D eigenvalue weighted by Crippen LogP contribution is -2.03. The quantitative estimate of drug-likeness (QED) is 0.362. The van der Waals surface area contributed by atoms with Crippen LogP contribution in [0.5, 0.6) is 0 Å². The van der Waals surface area contributed by atoms with Crippen molar-refractivity contribution < 1.29 is 4.43 Å². The average Bonchev–Trinajstić information content (AvgIpc) is 1.61. The van der Waals surface area contributed by atoms with Gasteiger partial charge >= 0.3 is 7.66 Å². The highest BCUT2D eigenvalue weighted by Crippen LogP contribution is 1.96. The predicted molar refractivity (Wildman–Crippen MR) is 35.5 cm³/mol. The van der Waals surface area contributed by atoms with Crippen LogP contribution >= 0.6 is 33.8 Å². The molecule has 0 N–H and O–H groups in total. The normalized spacial score (nSPS) is 10.3. The van der Waals surface area contributed by atoms with Crippen molar-refractivity contribution in [3.05, 3.63) is 0 Å². The van der Waals surface area contributed by atoms with Crippen LogP contribution in [0.4, 0.5) is 0 Å². The molecule has 44 valence electrons. The largest absolute Gasteiger partial charge is 0.393 e. The summed E-state index contributed by atoms with van der Waals surface area (Å²) in [6.07, 6.45) is 0. The summed E-state index contributed by atoms with van der Waals surface area (Å²) in [5.41, 5.74) is 0. The molecule has 5 heteroatoms. The Morgan fingerprint density at radius 1 is 1.43 bits per heavy atom. The first kappa shape index (κ1) is 8.05. The van der Waals surface area contributed by atoms with Crippen LogP contribution < -0.4 is 0 Å². The molecule has 0 heterocycles. The average molecular weight is 180 g/mol. The third-order valence-electron chi connectivity index (χ3n) is 0.321. The molecule has 0 spiro atoms. The van der Waals surface area contributed by atoms with Gasteiger partial charge < -0.3 is 4.43 Å². The zero-order valence-corrected chi connectivity index (χ0v) is 6.96. The van der Waals surface area contributed by atoms with Gasteiger partial charge in [0, 0.05) is 12.5 Å². The second-order valence-electron chi connectivity index (χ2n) is 0.820. The molecule has 0 unspecified atom stereocenters. The molecule has 0 aromatic heterocycles. The van der Waals surface area contributed by atoms with Gasteiger partial charge in [0.2, 0.25) is 0 Å². The van der Waals surface area contributed by atoms with E-state index < -0.39 is 7.66 Å². The maximum Gasteiger partial charge on any atom is 0.373 e. The van der Waals surface area contributed by atoms with Crippen molar-refractivity contribution in [1.29, 1.82) is 0 Å². The third kappa shape index (κ3) is 7.05. The van der Waals surface area contributed by atoms with E-state index in [0.717, 1.165) is 0 Å². The second kappa shape index (κ2) is 5.19. The van der Waals surface area contributed by atoms with E-state index in [1.54, 1.807) is 0 Å². The van der Waals surface area contributed by atoms with Crippen LogP contribution in [-0.2, 0) is 4.43 Å². The van der Waals surface area contributed by atoms with E-state index in [1.165, 1.54) is 0 Å². The van der Waals surface area contributed by atoms with Gasteiger partial charge in [-0.05, 0) is 0 Å². The van der Waals surface area contributed by atoms with Gasteiger partial charge in [0.1, 0.15) is 0 Å².